The lowest BCUT2D eigenvalue weighted by atomic mass is 9.84. The number of aliphatic hydroxyl groups is 6. The van der Waals surface area contributed by atoms with Crippen LogP contribution in [0.3, 0.4) is 0 Å². The van der Waals surface area contributed by atoms with E-state index < -0.39 is 92.2 Å². The fraction of sp³-hybridized carbons (Fsp3) is 1.00. The van der Waals surface area contributed by atoms with Gasteiger partial charge in [-0.1, -0.05) is 0 Å². The van der Waals surface area contributed by atoms with Crippen molar-refractivity contribution in [2.75, 3.05) is 13.2 Å². The molecule has 1 saturated carbocycles. The molecule has 0 unspecified atom stereocenters. The lowest BCUT2D eigenvalue weighted by Crippen LogP contribution is -2.68. The van der Waals surface area contributed by atoms with E-state index in [2.05, 4.69) is 0 Å². The molecule has 14 N–H and O–H groups in total. The van der Waals surface area contributed by atoms with E-state index >= 15 is 0 Å². The second-order valence-electron chi connectivity index (χ2n) is 8.30. The van der Waals surface area contributed by atoms with E-state index in [0.717, 1.165) is 0 Å². The van der Waals surface area contributed by atoms with Crippen molar-refractivity contribution in [3.05, 3.63) is 0 Å². The maximum atomic E-state index is 10.6. The molecule has 0 aromatic carbocycles. The minimum absolute atomic E-state index is 0. The van der Waals surface area contributed by atoms with Crippen molar-refractivity contribution >= 4 is 12.4 Å². The lowest BCUT2D eigenvalue weighted by Gasteiger charge is -2.47. The summed E-state index contributed by atoms with van der Waals surface area (Å²) in [6.07, 6.45) is -13.8. The van der Waals surface area contributed by atoms with E-state index in [1.165, 1.54) is 0 Å². The van der Waals surface area contributed by atoms with Crippen LogP contribution in [0.1, 0.15) is 6.42 Å². The third-order valence-electron chi connectivity index (χ3n) is 6.13. The van der Waals surface area contributed by atoms with Crippen molar-refractivity contribution in [3.63, 3.8) is 0 Å². The van der Waals surface area contributed by atoms with Gasteiger partial charge in [-0.05, 0) is 6.42 Å². The van der Waals surface area contributed by atoms with E-state index in [-0.39, 0.29) is 25.4 Å². The second kappa shape index (κ2) is 11.4. The molecule has 0 radical (unpaired) electrons. The van der Waals surface area contributed by atoms with Crippen molar-refractivity contribution in [1.29, 1.82) is 0 Å². The molecule has 3 aliphatic rings. The Balaban J connectivity index is 0.00000363. The standard InChI is InChI=1S/C17H34N4O10.ClH/c18-2-6-10(24)12(26)8(21)16(28-6)30-14-5(20)1-4(19)9(23)15(14)31-17-13(27)11(25)7(3-22)29-17;/h4-17,22-27H,1-3,18-21H2;1H/t4-,5+,6-,7-,8-,9+,10-,11+,12-,13+,14-,15-,16-,17+;/m1./s1. The number of hydrogen-bond donors (Lipinski definition) is 10. The van der Waals surface area contributed by atoms with Crippen LogP contribution in [-0.4, -0.2) is 129 Å². The van der Waals surface area contributed by atoms with Crippen molar-refractivity contribution in [3.8, 4) is 0 Å². The molecule has 1 aliphatic carbocycles. The van der Waals surface area contributed by atoms with Crippen LogP contribution in [0.4, 0.5) is 0 Å². The maximum Gasteiger partial charge on any atom is 0.187 e. The summed E-state index contributed by atoms with van der Waals surface area (Å²) in [5, 5.41) is 60.2. The van der Waals surface area contributed by atoms with Crippen LogP contribution in [0.2, 0.25) is 0 Å². The normalized spacial score (nSPS) is 51.9. The van der Waals surface area contributed by atoms with E-state index in [1.807, 2.05) is 0 Å². The van der Waals surface area contributed by atoms with Crippen LogP contribution in [0.25, 0.3) is 0 Å². The van der Waals surface area contributed by atoms with Gasteiger partial charge in [-0.25, -0.2) is 0 Å². The number of nitrogens with two attached hydrogens (primary N) is 4. The van der Waals surface area contributed by atoms with Crippen molar-refractivity contribution in [2.45, 2.75) is 92.1 Å². The number of ether oxygens (including phenoxy) is 4. The molecule has 32 heavy (non-hydrogen) atoms. The zero-order valence-corrected chi connectivity index (χ0v) is 18.1. The fourth-order valence-corrected chi connectivity index (χ4v) is 4.16. The highest BCUT2D eigenvalue weighted by atomic mass is 35.5. The van der Waals surface area contributed by atoms with Gasteiger partial charge >= 0.3 is 0 Å². The molecule has 2 heterocycles. The quantitative estimate of drug-likeness (QED) is 0.166. The van der Waals surface area contributed by atoms with Gasteiger partial charge in [0.2, 0.25) is 0 Å². The largest absolute Gasteiger partial charge is 0.394 e. The highest BCUT2D eigenvalue weighted by Crippen LogP contribution is 2.31. The van der Waals surface area contributed by atoms with Crippen LogP contribution in [-0.2, 0) is 18.9 Å². The first-order chi connectivity index (χ1) is 14.6. The monoisotopic (exact) mass is 490 g/mol. The van der Waals surface area contributed by atoms with Crippen molar-refractivity contribution < 1.29 is 49.6 Å². The predicted octanol–water partition coefficient (Wildman–Crippen LogP) is -6.23. The Morgan fingerprint density at radius 2 is 1.28 bits per heavy atom. The predicted molar refractivity (Wildman–Crippen MR) is 109 cm³/mol. The lowest BCUT2D eigenvalue weighted by molar-refractivity contribution is -0.306. The number of aliphatic hydroxyl groups excluding tert-OH is 6. The Morgan fingerprint density at radius 3 is 1.84 bits per heavy atom. The van der Waals surface area contributed by atoms with Gasteiger partial charge in [-0.15, -0.1) is 12.4 Å². The Morgan fingerprint density at radius 1 is 0.719 bits per heavy atom. The molecular weight excluding hydrogens is 456 g/mol. The maximum absolute atomic E-state index is 10.6. The molecule has 14 nitrogen and oxygen atoms in total. The first-order valence-corrected chi connectivity index (χ1v) is 10.2. The Labute approximate surface area is 190 Å². The van der Waals surface area contributed by atoms with E-state index in [0.29, 0.717) is 0 Å². The molecular formula is C17H35ClN4O10. The summed E-state index contributed by atoms with van der Waals surface area (Å²) in [5.41, 5.74) is 23.6. The molecule has 15 heteroatoms. The Bertz CT molecular complexity index is 598. The molecule has 190 valence electrons. The topological polar surface area (TPSA) is 262 Å². The fourth-order valence-electron chi connectivity index (χ4n) is 4.16. The Kier molecular flexibility index (Phi) is 10.00. The van der Waals surface area contributed by atoms with Gasteiger partial charge in [-0.2, -0.15) is 0 Å². The number of hydrogen-bond acceptors (Lipinski definition) is 14. The van der Waals surface area contributed by atoms with Gasteiger partial charge < -0.3 is 72.5 Å². The number of halogens is 1. The van der Waals surface area contributed by atoms with Crippen molar-refractivity contribution in [1.82, 2.24) is 0 Å². The first-order valence-electron chi connectivity index (χ1n) is 10.2. The second-order valence-corrected chi connectivity index (χ2v) is 8.30. The zero-order chi connectivity index (χ0) is 23.0. The summed E-state index contributed by atoms with van der Waals surface area (Å²) < 4.78 is 22.5. The molecule has 2 aliphatic heterocycles. The van der Waals surface area contributed by atoms with Gasteiger partial charge in [0, 0.05) is 18.6 Å². The summed E-state index contributed by atoms with van der Waals surface area (Å²) in [6, 6.07) is -2.72. The van der Waals surface area contributed by atoms with E-state index in [9.17, 15) is 30.6 Å². The smallest absolute Gasteiger partial charge is 0.187 e. The third kappa shape index (κ3) is 5.35. The van der Waals surface area contributed by atoms with Crippen molar-refractivity contribution in [2.24, 2.45) is 22.9 Å². The Hall–Kier alpha value is -0.270. The highest BCUT2D eigenvalue weighted by Gasteiger charge is 2.52. The average molecular weight is 491 g/mol. The van der Waals surface area contributed by atoms with Crippen LogP contribution >= 0.6 is 12.4 Å². The summed E-state index contributed by atoms with van der Waals surface area (Å²) in [7, 11) is 0. The average Bonchev–Trinajstić information content (AvgIpc) is 3.02. The summed E-state index contributed by atoms with van der Waals surface area (Å²) in [5.74, 6) is 0. The molecule has 0 aromatic heterocycles. The van der Waals surface area contributed by atoms with E-state index in [4.69, 9.17) is 41.9 Å². The molecule has 3 fully saturated rings. The molecule has 3 rings (SSSR count). The summed E-state index contributed by atoms with van der Waals surface area (Å²) in [4.78, 5) is 0. The van der Waals surface area contributed by atoms with Gasteiger partial charge in [-0.3, -0.25) is 0 Å². The van der Waals surface area contributed by atoms with Crippen LogP contribution in [0.5, 0.6) is 0 Å². The minimum Gasteiger partial charge on any atom is -0.394 e. The molecule has 2 saturated heterocycles. The first kappa shape index (κ1) is 28.0. The van der Waals surface area contributed by atoms with Gasteiger partial charge in [0.1, 0.15) is 48.8 Å². The minimum atomic E-state index is -1.51. The van der Waals surface area contributed by atoms with Crippen LogP contribution in [0.15, 0.2) is 0 Å². The molecule has 0 spiro atoms. The highest BCUT2D eigenvalue weighted by molar-refractivity contribution is 5.85. The van der Waals surface area contributed by atoms with Crippen LogP contribution in [0, 0.1) is 0 Å². The molecule has 0 amide bonds. The molecule has 14 atom stereocenters. The number of rotatable bonds is 6. The zero-order valence-electron chi connectivity index (χ0n) is 17.2. The molecule has 0 aromatic rings. The van der Waals surface area contributed by atoms with E-state index in [1.54, 1.807) is 0 Å². The van der Waals surface area contributed by atoms with Gasteiger partial charge in [0.05, 0.1) is 18.8 Å². The van der Waals surface area contributed by atoms with Gasteiger partial charge in [0.25, 0.3) is 0 Å². The summed E-state index contributed by atoms with van der Waals surface area (Å²) in [6.45, 7) is -0.673. The SMILES string of the molecule is Cl.NC[C@H]1O[C@H](O[C@H]2[C@H](O[C@@H]3O[C@H](CO)[C@H](O)[C@@H]3O)[C@@H](O)[C@H](N)C[C@@H]2N)[C@H](N)[C@@H](O)[C@@H]1O. The summed E-state index contributed by atoms with van der Waals surface area (Å²) >= 11 is 0. The van der Waals surface area contributed by atoms with Crippen LogP contribution < -0.4 is 22.9 Å². The third-order valence-corrected chi connectivity index (χ3v) is 6.13. The molecule has 0 bridgehead atoms. The van der Waals surface area contributed by atoms with Gasteiger partial charge in [0.15, 0.2) is 12.6 Å².